The lowest BCUT2D eigenvalue weighted by molar-refractivity contribution is 0.232. The van der Waals surface area contributed by atoms with E-state index in [0.717, 1.165) is 25.7 Å². The fraction of sp³-hybridized carbons (Fsp3) is 0.381. The summed E-state index contributed by atoms with van der Waals surface area (Å²) in [6.45, 7) is 2.50. The number of rotatable bonds is 6. The van der Waals surface area contributed by atoms with Gasteiger partial charge in [-0.1, -0.05) is 11.6 Å². The highest BCUT2D eigenvalue weighted by Gasteiger charge is 2.23. The minimum absolute atomic E-state index is 0.0163. The molecule has 2 heterocycles. The van der Waals surface area contributed by atoms with Gasteiger partial charge in [-0.15, -0.1) is 0 Å². The standard InChI is InChI=1S/C21H24ClFN8O/c1-2-24-21(32)30-13-5-3-12(4-6-13)29-20-25-10-17-18(31-20)19(27-11-26-17)28-14-7-8-16(23)15(22)9-14/h7-13H,2-6H2,1H3,(H2,24,30,32)(H,25,29,31)(H,26,27,28). The Hall–Kier alpha value is -3.27. The third-order valence-corrected chi connectivity index (χ3v) is 5.58. The zero-order valence-electron chi connectivity index (χ0n) is 17.5. The fourth-order valence-corrected chi connectivity index (χ4v) is 3.87. The Morgan fingerprint density at radius 2 is 1.94 bits per heavy atom. The van der Waals surface area contributed by atoms with Crippen LogP contribution in [-0.4, -0.2) is 44.6 Å². The molecule has 3 aromatic rings. The average Bonchev–Trinajstić information content (AvgIpc) is 2.78. The van der Waals surface area contributed by atoms with E-state index in [2.05, 4.69) is 41.2 Å². The van der Waals surface area contributed by atoms with Crippen LogP contribution in [0.2, 0.25) is 5.02 Å². The van der Waals surface area contributed by atoms with Crippen molar-refractivity contribution in [2.24, 2.45) is 0 Å². The third-order valence-electron chi connectivity index (χ3n) is 5.29. The molecule has 0 saturated heterocycles. The smallest absolute Gasteiger partial charge is 0.314 e. The molecule has 2 amide bonds. The molecule has 1 aliphatic rings. The first-order valence-corrected chi connectivity index (χ1v) is 10.9. The largest absolute Gasteiger partial charge is 0.351 e. The maximum atomic E-state index is 13.4. The molecule has 0 atom stereocenters. The quantitative estimate of drug-likeness (QED) is 0.441. The molecule has 0 spiro atoms. The number of aromatic nitrogens is 4. The van der Waals surface area contributed by atoms with Gasteiger partial charge >= 0.3 is 6.03 Å². The van der Waals surface area contributed by atoms with Crippen molar-refractivity contribution < 1.29 is 9.18 Å². The second-order valence-electron chi connectivity index (χ2n) is 7.60. The second-order valence-corrected chi connectivity index (χ2v) is 8.01. The van der Waals surface area contributed by atoms with Crippen LogP contribution in [0.3, 0.4) is 0 Å². The summed E-state index contributed by atoms with van der Waals surface area (Å²) in [7, 11) is 0. The number of hydrogen-bond acceptors (Lipinski definition) is 7. The van der Waals surface area contributed by atoms with Crippen LogP contribution in [-0.2, 0) is 0 Å². The summed E-state index contributed by atoms with van der Waals surface area (Å²) in [6, 6.07) is 4.60. The fourth-order valence-electron chi connectivity index (χ4n) is 3.69. The van der Waals surface area contributed by atoms with Gasteiger partial charge in [-0.3, -0.25) is 0 Å². The number of halogens is 2. The van der Waals surface area contributed by atoms with Crippen LogP contribution < -0.4 is 21.3 Å². The number of carbonyl (C=O) groups excluding carboxylic acids is 1. The van der Waals surface area contributed by atoms with Crippen LogP contribution >= 0.6 is 11.6 Å². The number of hydrogen-bond donors (Lipinski definition) is 4. The first kappa shape index (κ1) is 21.9. The molecule has 9 nitrogen and oxygen atoms in total. The van der Waals surface area contributed by atoms with Gasteiger partial charge in [0, 0.05) is 24.3 Å². The van der Waals surface area contributed by atoms with Crippen molar-refractivity contribution in [3.8, 4) is 0 Å². The highest BCUT2D eigenvalue weighted by atomic mass is 35.5. The Balaban J connectivity index is 1.44. The molecule has 0 aliphatic heterocycles. The Labute approximate surface area is 189 Å². The van der Waals surface area contributed by atoms with Crippen LogP contribution in [0.1, 0.15) is 32.6 Å². The van der Waals surface area contributed by atoms with Gasteiger partial charge in [0.25, 0.3) is 0 Å². The van der Waals surface area contributed by atoms with Gasteiger partial charge in [0.15, 0.2) is 5.82 Å². The molecule has 1 aliphatic carbocycles. The zero-order valence-corrected chi connectivity index (χ0v) is 18.3. The van der Waals surface area contributed by atoms with Crippen molar-refractivity contribution in [1.29, 1.82) is 0 Å². The predicted octanol–water partition coefficient (Wildman–Crippen LogP) is 4.00. The van der Waals surface area contributed by atoms with E-state index in [1.54, 1.807) is 12.3 Å². The Morgan fingerprint density at radius 1 is 1.16 bits per heavy atom. The summed E-state index contributed by atoms with van der Waals surface area (Å²) in [5.74, 6) is 0.458. The number of amides is 2. The SMILES string of the molecule is CCNC(=O)NC1CCC(Nc2ncc3ncnc(Nc4ccc(F)c(Cl)c4)c3n2)CC1. The molecular formula is C21H24ClFN8O. The molecule has 11 heteroatoms. The zero-order chi connectivity index (χ0) is 22.5. The van der Waals surface area contributed by atoms with Crippen LogP contribution in [0.4, 0.5) is 26.6 Å². The molecule has 2 aromatic heterocycles. The van der Waals surface area contributed by atoms with E-state index in [-0.39, 0.29) is 23.1 Å². The number of fused-ring (bicyclic) bond motifs is 1. The summed E-state index contributed by atoms with van der Waals surface area (Å²) in [5.41, 5.74) is 1.70. The van der Waals surface area contributed by atoms with Crippen LogP contribution in [0.15, 0.2) is 30.7 Å². The first-order chi connectivity index (χ1) is 15.5. The van der Waals surface area contributed by atoms with Crippen molar-refractivity contribution in [2.45, 2.75) is 44.7 Å². The molecule has 1 aromatic carbocycles. The first-order valence-electron chi connectivity index (χ1n) is 10.5. The minimum atomic E-state index is -0.491. The van der Waals surface area contributed by atoms with Crippen molar-refractivity contribution >= 4 is 46.1 Å². The number of urea groups is 1. The van der Waals surface area contributed by atoms with Gasteiger partial charge in [-0.25, -0.2) is 29.1 Å². The van der Waals surface area contributed by atoms with Crippen molar-refractivity contribution in [3.63, 3.8) is 0 Å². The van der Waals surface area contributed by atoms with E-state index in [0.29, 0.717) is 35.0 Å². The molecule has 4 N–H and O–H groups in total. The van der Waals surface area contributed by atoms with Crippen molar-refractivity contribution in [1.82, 2.24) is 30.6 Å². The number of benzene rings is 1. The summed E-state index contributed by atoms with van der Waals surface area (Å²) in [5, 5.41) is 12.3. The molecule has 1 fully saturated rings. The van der Waals surface area contributed by atoms with E-state index in [4.69, 9.17) is 11.6 Å². The molecule has 168 valence electrons. The summed E-state index contributed by atoms with van der Waals surface area (Å²) in [6.07, 6.45) is 6.59. The minimum Gasteiger partial charge on any atom is -0.351 e. The van der Waals surface area contributed by atoms with E-state index in [9.17, 15) is 9.18 Å². The Kier molecular flexibility index (Phi) is 6.79. The number of carbonyl (C=O) groups is 1. The predicted molar refractivity (Wildman–Crippen MR) is 122 cm³/mol. The topological polar surface area (TPSA) is 117 Å². The Bertz CT molecular complexity index is 1110. The average molecular weight is 459 g/mol. The lowest BCUT2D eigenvalue weighted by Gasteiger charge is -2.29. The molecule has 0 radical (unpaired) electrons. The van der Waals surface area contributed by atoms with E-state index < -0.39 is 5.82 Å². The summed E-state index contributed by atoms with van der Waals surface area (Å²) in [4.78, 5) is 29.2. The Morgan fingerprint density at radius 3 is 2.69 bits per heavy atom. The number of nitrogens with zero attached hydrogens (tertiary/aromatic N) is 4. The van der Waals surface area contributed by atoms with Gasteiger partial charge in [0.2, 0.25) is 5.95 Å². The lowest BCUT2D eigenvalue weighted by Crippen LogP contribution is -2.44. The monoisotopic (exact) mass is 458 g/mol. The maximum absolute atomic E-state index is 13.4. The van der Waals surface area contributed by atoms with Crippen molar-refractivity contribution in [3.05, 3.63) is 41.6 Å². The number of anilines is 3. The number of nitrogens with one attached hydrogen (secondary N) is 4. The summed E-state index contributed by atoms with van der Waals surface area (Å²) < 4.78 is 13.4. The van der Waals surface area contributed by atoms with Crippen LogP contribution in [0.25, 0.3) is 11.0 Å². The van der Waals surface area contributed by atoms with Gasteiger partial charge < -0.3 is 21.3 Å². The van der Waals surface area contributed by atoms with Crippen LogP contribution in [0, 0.1) is 5.82 Å². The molecule has 1 saturated carbocycles. The molecule has 32 heavy (non-hydrogen) atoms. The van der Waals surface area contributed by atoms with Gasteiger partial charge in [0.05, 0.1) is 11.2 Å². The highest BCUT2D eigenvalue weighted by Crippen LogP contribution is 2.26. The van der Waals surface area contributed by atoms with Gasteiger partial charge in [-0.05, 0) is 50.8 Å². The third kappa shape index (κ3) is 5.31. The van der Waals surface area contributed by atoms with Gasteiger partial charge in [0.1, 0.15) is 23.2 Å². The second kappa shape index (κ2) is 9.90. The van der Waals surface area contributed by atoms with Gasteiger partial charge in [-0.2, -0.15) is 0 Å². The van der Waals surface area contributed by atoms with Crippen LogP contribution in [0.5, 0.6) is 0 Å². The van der Waals surface area contributed by atoms with Crippen molar-refractivity contribution in [2.75, 3.05) is 17.2 Å². The maximum Gasteiger partial charge on any atom is 0.314 e. The normalized spacial score (nSPS) is 18.2. The molecule has 0 unspecified atom stereocenters. The summed E-state index contributed by atoms with van der Waals surface area (Å²) >= 11 is 5.88. The van der Waals surface area contributed by atoms with E-state index >= 15 is 0 Å². The van der Waals surface area contributed by atoms with E-state index in [1.807, 2.05) is 6.92 Å². The molecule has 4 rings (SSSR count). The lowest BCUT2D eigenvalue weighted by atomic mass is 9.91. The van der Waals surface area contributed by atoms with E-state index in [1.165, 1.54) is 18.5 Å². The molecular weight excluding hydrogens is 435 g/mol. The molecule has 0 bridgehead atoms. The highest BCUT2D eigenvalue weighted by molar-refractivity contribution is 6.31.